The molecule has 2 aromatic carbocycles. The van der Waals surface area contributed by atoms with E-state index >= 15 is 0 Å². The van der Waals surface area contributed by atoms with E-state index in [-0.39, 0.29) is 5.41 Å². The summed E-state index contributed by atoms with van der Waals surface area (Å²) < 4.78 is 5.64. The minimum absolute atomic E-state index is 0.177. The number of hydrogen-bond donors (Lipinski definition) is 1. The minimum atomic E-state index is 0.177. The number of para-hydroxylation sites is 1. The molecule has 34 heavy (non-hydrogen) atoms. The second kappa shape index (κ2) is 12.0. The molecule has 0 spiro atoms. The van der Waals surface area contributed by atoms with Gasteiger partial charge in [-0.1, -0.05) is 126 Å². The van der Waals surface area contributed by atoms with E-state index in [2.05, 4.69) is 74.9 Å². The second-order valence-corrected chi connectivity index (χ2v) is 11.1. The number of nitrogens with one attached hydrogen (secondary N) is 1. The Kier molecular flexibility index (Phi) is 9.30. The summed E-state index contributed by atoms with van der Waals surface area (Å²) in [5.41, 5.74) is 5.14. The molecule has 0 radical (unpaired) electrons. The van der Waals surface area contributed by atoms with E-state index in [1.165, 1.54) is 54.4 Å². The van der Waals surface area contributed by atoms with Gasteiger partial charge in [0.2, 0.25) is 6.71 Å². The van der Waals surface area contributed by atoms with Crippen molar-refractivity contribution in [3.8, 4) is 5.75 Å². The van der Waals surface area contributed by atoms with Crippen molar-refractivity contribution in [2.75, 3.05) is 7.11 Å². The third kappa shape index (κ3) is 6.47. The lowest BCUT2D eigenvalue weighted by Crippen LogP contribution is -2.47. The highest BCUT2D eigenvalue weighted by molar-refractivity contribution is 6.88. The van der Waals surface area contributed by atoms with Crippen LogP contribution in [-0.2, 0) is 5.41 Å². The molecule has 3 nitrogen and oxygen atoms in total. The summed E-state index contributed by atoms with van der Waals surface area (Å²) in [7, 11) is 1.75. The number of aromatic nitrogens is 2. The minimum Gasteiger partial charge on any atom is -0.497 e. The topological polar surface area (TPSA) is 37.9 Å². The van der Waals surface area contributed by atoms with Crippen LogP contribution >= 0.6 is 11.6 Å². The Morgan fingerprint density at radius 2 is 1.59 bits per heavy atom. The van der Waals surface area contributed by atoms with Crippen LogP contribution in [0.25, 0.3) is 0 Å². The third-order valence-electron chi connectivity index (χ3n) is 6.80. The third-order valence-corrected chi connectivity index (χ3v) is 7.15. The quantitative estimate of drug-likeness (QED) is 0.396. The molecule has 182 valence electrons. The number of methoxy groups -OCH3 is 1. The van der Waals surface area contributed by atoms with Crippen molar-refractivity contribution in [1.29, 1.82) is 0 Å². The summed E-state index contributed by atoms with van der Waals surface area (Å²) in [6.45, 7) is 11.3. The predicted molar refractivity (Wildman–Crippen MR) is 148 cm³/mol. The number of hydrogen-bond acceptors (Lipinski definition) is 2. The summed E-state index contributed by atoms with van der Waals surface area (Å²) in [4.78, 5) is 7.54. The Bertz CT molecular complexity index is 1030. The molecular weight excluding hydrogens is 439 g/mol. The summed E-state index contributed by atoms with van der Waals surface area (Å²) in [5, 5.41) is 0.865. The molecule has 1 fully saturated rings. The van der Waals surface area contributed by atoms with Crippen molar-refractivity contribution < 1.29 is 4.74 Å². The van der Waals surface area contributed by atoms with Crippen LogP contribution in [0.3, 0.4) is 0 Å². The monoisotopic (exact) mass is 478 g/mol. The number of halogens is 1. The first-order chi connectivity index (χ1) is 16.2. The van der Waals surface area contributed by atoms with Crippen molar-refractivity contribution in [3.63, 3.8) is 0 Å². The number of rotatable bonds is 5. The van der Waals surface area contributed by atoms with Gasteiger partial charge in [-0.15, -0.1) is 0 Å². The zero-order chi connectivity index (χ0) is 24.7. The van der Waals surface area contributed by atoms with E-state index in [1.807, 2.05) is 18.2 Å². The zero-order valence-electron chi connectivity index (χ0n) is 21.7. The number of benzene rings is 2. The van der Waals surface area contributed by atoms with E-state index < -0.39 is 0 Å². The molecule has 1 heterocycles. The van der Waals surface area contributed by atoms with Gasteiger partial charge in [-0.2, -0.15) is 0 Å². The smallest absolute Gasteiger partial charge is 0.219 e. The van der Waals surface area contributed by atoms with E-state index in [9.17, 15) is 0 Å². The highest BCUT2D eigenvalue weighted by Gasteiger charge is 2.33. The van der Waals surface area contributed by atoms with Crippen LogP contribution in [0.1, 0.15) is 84.0 Å². The molecule has 0 bridgehead atoms. The first kappa shape index (κ1) is 26.4. The van der Waals surface area contributed by atoms with Crippen LogP contribution in [-0.4, -0.2) is 23.8 Å². The molecular formula is C29H40BClN2O. The molecule has 3 aromatic rings. The van der Waals surface area contributed by atoms with E-state index in [1.54, 1.807) is 13.4 Å². The van der Waals surface area contributed by atoms with Crippen LogP contribution in [0.2, 0.25) is 10.8 Å². The van der Waals surface area contributed by atoms with Gasteiger partial charge in [-0.3, -0.25) is 0 Å². The largest absolute Gasteiger partial charge is 0.497 e. The van der Waals surface area contributed by atoms with Crippen molar-refractivity contribution in [3.05, 3.63) is 71.3 Å². The number of H-pyrrole nitrogens is 1. The Labute approximate surface area is 211 Å². The van der Waals surface area contributed by atoms with Crippen LogP contribution in [0.5, 0.6) is 5.75 Å². The highest BCUT2D eigenvalue weighted by atomic mass is 35.5. The van der Waals surface area contributed by atoms with Gasteiger partial charge in [0, 0.05) is 16.1 Å². The maximum absolute atomic E-state index is 6.54. The SMILES string of the molecule is CC(C)c1nc[nH]c1C(C)(C)C.COc1ccccc1B(c1ccccc1Cl)C1CCCCC1. The predicted octanol–water partition coefficient (Wildman–Crippen LogP) is 7.12. The van der Waals surface area contributed by atoms with E-state index in [0.717, 1.165) is 10.8 Å². The van der Waals surface area contributed by atoms with Gasteiger partial charge >= 0.3 is 0 Å². The molecule has 0 saturated heterocycles. The van der Waals surface area contributed by atoms with Crippen LogP contribution in [0.15, 0.2) is 54.9 Å². The van der Waals surface area contributed by atoms with Gasteiger partial charge in [-0.25, -0.2) is 4.98 Å². The summed E-state index contributed by atoms with van der Waals surface area (Å²) in [6, 6.07) is 16.7. The highest BCUT2D eigenvalue weighted by Crippen LogP contribution is 2.33. The molecule has 1 aromatic heterocycles. The molecule has 1 saturated carbocycles. The Balaban J connectivity index is 0.000000229. The van der Waals surface area contributed by atoms with Gasteiger partial charge < -0.3 is 9.72 Å². The number of aromatic amines is 1. The lowest BCUT2D eigenvalue weighted by atomic mass is 9.31. The summed E-state index contributed by atoms with van der Waals surface area (Å²) in [5.74, 6) is 2.12. The number of imidazole rings is 1. The average molecular weight is 479 g/mol. The molecule has 0 aliphatic heterocycles. The lowest BCUT2D eigenvalue weighted by molar-refractivity contribution is 0.417. The van der Waals surface area contributed by atoms with Gasteiger partial charge in [0.1, 0.15) is 5.75 Å². The molecule has 0 atom stereocenters. The fourth-order valence-electron chi connectivity index (χ4n) is 5.14. The molecule has 1 N–H and O–H groups in total. The normalized spacial score (nSPS) is 14.5. The Morgan fingerprint density at radius 1 is 0.971 bits per heavy atom. The van der Waals surface area contributed by atoms with Crippen molar-refractivity contribution in [2.24, 2.45) is 0 Å². The Morgan fingerprint density at radius 3 is 2.15 bits per heavy atom. The van der Waals surface area contributed by atoms with Crippen molar-refractivity contribution in [1.82, 2.24) is 9.97 Å². The van der Waals surface area contributed by atoms with Gasteiger partial charge in [0.15, 0.2) is 0 Å². The molecule has 0 amide bonds. The molecule has 1 aliphatic rings. The summed E-state index contributed by atoms with van der Waals surface area (Å²) in [6.07, 6.45) is 8.33. The van der Waals surface area contributed by atoms with Crippen LogP contribution in [0, 0.1) is 0 Å². The molecule has 5 heteroatoms. The number of nitrogens with zero attached hydrogens (tertiary/aromatic N) is 1. The summed E-state index contributed by atoms with van der Waals surface area (Å²) >= 11 is 6.54. The maximum Gasteiger partial charge on any atom is 0.219 e. The standard InChI is InChI=1S/C19H22BClO.C10H18N2/c1-22-19-14-8-6-12-17(19)20(15-9-3-2-4-10-15)16-11-5-7-13-18(16)21;1-7(2)8-9(10(3,4)5)12-6-11-8/h5-8,11-15H,2-4,9-10H2,1H3;6-7H,1-5H3,(H,11,12). The fourth-order valence-corrected chi connectivity index (χ4v) is 5.39. The zero-order valence-corrected chi connectivity index (χ0v) is 22.5. The first-order valence-corrected chi connectivity index (χ1v) is 13.0. The van der Waals surface area contributed by atoms with Gasteiger partial charge in [-0.05, 0) is 23.5 Å². The molecule has 1 aliphatic carbocycles. The second-order valence-electron chi connectivity index (χ2n) is 10.7. The number of ether oxygens (including phenoxy) is 1. The van der Waals surface area contributed by atoms with Crippen molar-refractivity contribution in [2.45, 2.75) is 83.9 Å². The lowest BCUT2D eigenvalue weighted by Gasteiger charge is -2.30. The first-order valence-electron chi connectivity index (χ1n) is 12.6. The van der Waals surface area contributed by atoms with E-state index in [4.69, 9.17) is 16.3 Å². The molecule has 4 rings (SSSR count). The van der Waals surface area contributed by atoms with E-state index in [0.29, 0.717) is 18.4 Å². The maximum atomic E-state index is 6.54. The van der Waals surface area contributed by atoms with Gasteiger partial charge in [0.05, 0.1) is 19.1 Å². The van der Waals surface area contributed by atoms with Crippen molar-refractivity contribution >= 4 is 29.2 Å². The van der Waals surface area contributed by atoms with Crippen LogP contribution in [0.4, 0.5) is 0 Å². The average Bonchev–Trinajstić information content (AvgIpc) is 3.33. The van der Waals surface area contributed by atoms with Gasteiger partial charge in [0.25, 0.3) is 0 Å². The Hall–Kier alpha value is -2.20. The fraction of sp³-hybridized carbons (Fsp3) is 0.483. The van der Waals surface area contributed by atoms with Crippen LogP contribution < -0.4 is 15.7 Å². The molecule has 0 unspecified atom stereocenters.